The van der Waals surface area contributed by atoms with Gasteiger partial charge >= 0.3 is 0 Å². The lowest BCUT2D eigenvalue weighted by Gasteiger charge is -2.15. The second-order valence-corrected chi connectivity index (χ2v) is 12.6. The number of fused-ring (bicyclic) bond motifs is 10. The molecule has 0 atom stereocenters. The molecule has 0 aliphatic rings. The molecule has 0 aliphatic heterocycles. The van der Waals surface area contributed by atoms with Crippen LogP contribution in [0.3, 0.4) is 0 Å². The molecule has 6 aromatic carbocycles. The van der Waals surface area contributed by atoms with Gasteiger partial charge in [0.1, 0.15) is 11.2 Å². The summed E-state index contributed by atoms with van der Waals surface area (Å²) >= 11 is 0. The molecule has 11 aromatic rings. The number of nitrogens with zero attached hydrogens (tertiary/aromatic N) is 4. The highest BCUT2D eigenvalue weighted by Crippen LogP contribution is 2.44. The Morgan fingerprint density at radius 1 is 0.449 bits per heavy atom. The molecule has 5 aromatic heterocycles. The van der Waals surface area contributed by atoms with Crippen molar-refractivity contribution >= 4 is 76.6 Å². The van der Waals surface area contributed by atoms with Crippen LogP contribution in [0.15, 0.2) is 162 Å². The summed E-state index contributed by atoms with van der Waals surface area (Å²) in [6.45, 7) is 0. The third-order valence-corrected chi connectivity index (χ3v) is 10.0. The van der Waals surface area contributed by atoms with E-state index in [0.717, 1.165) is 82.9 Å². The van der Waals surface area contributed by atoms with E-state index in [1.165, 1.54) is 16.2 Å². The van der Waals surface area contributed by atoms with E-state index >= 15 is 0 Å². The summed E-state index contributed by atoms with van der Waals surface area (Å²) in [4.78, 5) is 9.36. The molecule has 0 spiro atoms. The Morgan fingerprint density at radius 3 is 1.88 bits per heavy atom. The first-order valence-corrected chi connectivity index (χ1v) is 16.5. The SMILES string of the molecule is c1cnc2cc(-n3c4ccccc4c4cc(-c5c(-n6c7ccccc7c7ccccc76)ccc6c5oc5ccccc56)ccc43)cnc2c1. The third-order valence-electron chi connectivity index (χ3n) is 10.0. The standard InChI is InChI=1S/C44H26N4O/c1-6-16-38-29(10-1)30-11-2-7-17-39(30)48(38)41-22-20-33-32-13-4-8-18-42(32)49-44(33)43(41)27-19-21-40-34(24-27)31-12-3-5-15-37(31)47(40)28-25-36-35(46-26-28)14-9-23-45-36/h1-26H. The van der Waals surface area contributed by atoms with Gasteiger partial charge in [0.25, 0.3) is 0 Å². The summed E-state index contributed by atoms with van der Waals surface area (Å²) in [6.07, 6.45) is 3.76. The molecule has 5 nitrogen and oxygen atoms in total. The quantitative estimate of drug-likeness (QED) is 0.196. The molecule has 0 saturated carbocycles. The van der Waals surface area contributed by atoms with Crippen molar-refractivity contribution in [1.29, 1.82) is 0 Å². The number of rotatable bonds is 3. The van der Waals surface area contributed by atoms with Crippen LogP contribution in [0.2, 0.25) is 0 Å². The van der Waals surface area contributed by atoms with Crippen LogP contribution in [-0.4, -0.2) is 19.1 Å². The Kier molecular flexibility index (Phi) is 5.32. The number of pyridine rings is 2. The lowest BCUT2D eigenvalue weighted by molar-refractivity contribution is 0.670. The second-order valence-electron chi connectivity index (χ2n) is 12.6. The van der Waals surface area contributed by atoms with Crippen LogP contribution in [0.25, 0.3) is 99.1 Å². The average molecular weight is 627 g/mol. The highest BCUT2D eigenvalue weighted by atomic mass is 16.3. The lowest BCUT2D eigenvalue weighted by atomic mass is 9.98. The first-order valence-electron chi connectivity index (χ1n) is 16.5. The van der Waals surface area contributed by atoms with Crippen LogP contribution in [0.4, 0.5) is 0 Å². The van der Waals surface area contributed by atoms with E-state index in [1.807, 2.05) is 30.6 Å². The van der Waals surface area contributed by atoms with E-state index < -0.39 is 0 Å². The largest absolute Gasteiger partial charge is 0.455 e. The molecule has 49 heavy (non-hydrogen) atoms. The fraction of sp³-hybridized carbons (Fsp3) is 0. The Morgan fingerprint density at radius 2 is 1.10 bits per heavy atom. The molecule has 0 N–H and O–H groups in total. The Labute approximate surface area is 279 Å². The molecule has 0 saturated heterocycles. The van der Waals surface area contributed by atoms with Gasteiger partial charge in [0.05, 0.1) is 50.7 Å². The summed E-state index contributed by atoms with van der Waals surface area (Å²) in [5.74, 6) is 0. The number of furan rings is 1. The third kappa shape index (κ3) is 3.70. The van der Waals surface area contributed by atoms with Crippen molar-refractivity contribution in [3.8, 4) is 22.5 Å². The van der Waals surface area contributed by atoms with E-state index in [-0.39, 0.29) is 0 Å². The van der Waals surface area contributed by atoms with Crippen LogP contribution in [0.5, 0.6) is 0 Å². The topological polar surface area (TPSA) is 48.8 Å². The van der Waals surface area contributed by atoms with Gasteiger partial charge in [-0.25, -0.2) is 0 Å². The van der Waals surface area contributed by atoms with E-state index in [9.17, 15) is 0 Å². The minimum Gasteiger partial charge on any atom is -0.455 e. The van der Waals surface area contributed by atoms with Gasteiger partial charge in [-0.05, 0) is 72.3 Å². The minimum atomic E-state index is 0.870. The van der Waals surface area contributed by atoms with E-state index in [4.69, 9.17) is 9.40 Å². The molecule has 5 heterocycles. The summed E-state index contributed by atoms with van der Waals surface area (Å²) < 4.78 is 11.5. The molecule has 11 rings (SSSR count). The van der Waals surface area contributed by atoms with Crippen LogP contribution in [0.1, 0.15) is 0 Å². The smallest absolute Gasteiger partial charge is 0.145 e. The fourth-order valence-corrected chi connectivity index (χ4v) is 7.90. The molecular formula is C44H26N4O. The van der Waals surface area contributed by atoms with Crippen LogP contribution < -0.4 is 0 Å². The Bertz CT molecular complexity index is 3070. The summed E-state index contributed by atoms with van der Waals surface area (Å²) in [5.41, 5.74) is 12.3. The van der Waals surface area contributed by atoms with Gasteiger partial charge < -0.3 is 13.6 Å². The fourth-order valence-electron chi connectivity index (χ4n) is 7.90. The highest BCUT2D eigenvalue weighted by molar-refractivity contribution is 6.16. The summed E-state index contributed by atoms with van der Waals surface area (Å²) in [6, 6.07) is 51.6. The first-order chi connectivity index (χ1) is 24.3. The Balaban J connectivity index is 1.25. The van der Waals surface area contributed by atoms with Crippen LogP contribution >= 0.6 is 0 Å². The molecular weight excluding hydrogens is 601 g/mol. The monoisotopic (exact) mass is 626 g/mol. The number of hydrogen-bond donors (Lipinski definition) is 0. The zero-order valence-corrected chi connectivity index (χ0v) is 26.2. The van der Waals surface area contributed by atoms with E-state index in [2.05, 4.69) is 142 Å². The van der Waals surface area contributed by atoms with Crippen LogP contribution in [0, 0.1) is 0 Å². The predicted octanol–water partition coefficient (Wildman–Crippen LogP) is 11.4. The van der Waals surface area contributed by atoms with Crippen molar-refractivity contribution in [2.45, 2.75) is 0 Å². The van der Waals surface area contributed by atoms with Crippen LogP contribution in [-0.2, 0) is 0 Å². The number of para-hydroxylation sites is 4. The summed E-state index contributed by atoms with van der Waals surface area (Å²) in [5, 5.41) is 7.01. The number of benzene rings is 6. The molecule has 0 unspecified atom stereocenters. The van der Waals surface area contributed by atoms with Gasteiger partial charge in [-0.15, -0.1) is 0 Å². The van der Waals surface area contributed by atoms with Gasteiger partial charge in [-0.3, -0.25) is 9.97 Å². The van der Waals surface area contributed by atoms with Crippen molar-refractivity contribution in [2.24, 2.45) is 0 Å². The van der Waals surface area contributed by atoms with Gasteiger partial charge in [-0.2, -0.15) is 0 Å². The van der Waals surface area contributed by atoms with Crippen molar-refractivity contribution in [2.75, 3.05) is 0 Å². The molecule has 0 amide bonds. The lowest BCUT2D eigenvalue weighted by Crippen LogP contribution is -1.98. The normalized spacial score (nSPS) is 12.1. The van der Waals surface area contributed by atoms with Crippen molar-refractivity contribution in [3.05, 3.63) is 158 Å². The average Bonchev–Trinajstić information content (AvgIpc) is 3.82. The Hall–Kier alpha value is -6.72. The molecule has 0 radical (unpaired) electrons. The number of hydrogen-bond acceptors (Lipinski definition) is 3. The first kappa shape index (κ1) is 26.4. The van der Waals surface area contributed by atoms with Gasteiger partial charge in [-0.1, -0.05) is 78.9 Å². The van der Waals surface area contributed by atoms with Gasteiger partial charge in [0.2, 0.25) is 0 Å². The maximum Gasteiger partial charge on any atom is 0.145 e. The minimum absolute atomic E-state index is 0.870. The van der Waals surface area contributed by atoms with E-state index in [1.54, 1.807) is 0 Å². The van der Waals surface area contributed by atoms with Gasteiger partial charge in [0.15, 0.2) is 0 Å². The van der Waals surface area contributed by atoms with Crippen molar-refractivity contribution in [3.63, 3.8) is 0 Å². The molecule has 0 fully saturated rings. The second kappa shape index (κ2) is 9.89. The van der Waals surface area contributed by atoms with Crippen molar-refractivity contribution < 1.29 is 4.42 Å². The predicted molar refractivity (Wildman–Crippen MR) is 201 cm³/mol. The molecule has 228 valence electrons. The number of aromatic nitrogens is 4. The highest BCUT2D eigenvalue weighted by Gasteiger charge is 2.22. The maximum absolute atomic E-state index is 6.78. The molecule has 0 aliphatic carbocycles. The zero-order chi connectivity index (χ0) is 32.1. The maximum atomic E-state index is 6.78. The molecule has 5 heteroatoms. The van der Waals surface area contributed by atoms with Gasteiger partial charge in [0, 0.05) is 44.1 Å². The van der Waals surface area contributed by atoms with E-state index in [0.29, 0.717) is 0 Å². The zero-order valence-electron chi connectivity index (χ0n) is 26.2. The molecule has 0 bridgehead atoms. The summed E-state index contributed by atoms with van der Waals surface area (Å²) in [7, 11) is 0. The van der Waals surface area contributed by atoms with Crippen molar-refractivity contribution in [1.82, 2.24) is 19.1 Å².